The van der Waals surface area contributed by atoms with E-state index in [0.29, 0.717) is 13.2 Å². The summed E-state index contributed by atoms with van der Waals surface area (Å²) in [5.41, 5.74) is -1.37. The summed E-state index contributed by atoms with van der Waals surface area (Å²) in [6.07, 6.45) is 6.58. The zero-order valence-electron chi connectivity index (χ0n) is 31.2. The molecule has 0 aromatic heterocycles. The van der Waals surface area contributed by atoms with E-state index >= 15 is 0 Å². The summed E-state index contributed by atoms with van der Waals surface area (Å²) in [5, 5.41) is 17.7. The molecule has 0 bridgehead atoms. The molecular weight excluding hydrogens is 645 g/mol. The zero-order valence-corrected chi connectivity index (χ0v) is 33.2. The standard InChI is InChI=1S/C45H58O3Si2/c1-8-36-31-33-44(46)32-21-22-37(34-47-49(42(2,3)4,38-23-13-9-14-24-38)39-25-15-10-16-26-39)45(36,44)35-48-50(43(5,6)7,40-27-17-11-18-28-40)41-29-19-12-20-30-41/h8-20,23-30,36-37,46H,1,21-22,31-35H2,2-7H3/t36?,37-,44?,45-/m1/s1. The average molecular weight is 703 g/mol. The predicted molar refractivity (Wildman–Crippen MR) is 215 cm³/mol. The molecule has 50 heavy (non-hydrogen) atoms. The summed E-state index contributed by atoms with van der Waals surface area (Å²) in [4.78, 5) is 0. The van der Waals surface area contributed by atoms with Gasteiger partial charge in [-0.2, -0.15) is 0 Å². The van der Waals surface area contributed by atoms with Crippen molar-refractivity contribution in [3.8, 4) is 0 Å². The maximum absolute atomic E-state index is 12.9. The van der Waals surface area contributed by atoms with E-state index in [2.05, 4.69) is 176 Å². The fraction of sp³-hybridized carbons (Fsp3) is 0.422. The van der Waals surface area contributed by atoms with Gasteiger partial charge in [0.25, 0.3) is 16.6 Å². The molecule has 2 aliphatic rings. The molecule has 6 rings (SSSR count). The van der Waals surface area contributed by atoms with Gasteiger partial charge in [0.2, 0.25) is 0 Å². The largest absolute Gasteiger partial charge is 0.407 e. The number of hydrogen-bond acceptors (Lipinski definition) is 3. The lowest BCUT2D eigenvalue weighted by atomic mass is 9.56. The van der Waals surface area contributed by atoms with Crippen LogP contribution in [0.1, 0.15) is 73.6 Å². The molecule has 0 heterocycles. The summed E-state index contributed by atoms with van der Waals surface area (Å²) in [6.45, 7) is 19.5. The van der Waals surface area contributed by atoms with Gasteiger partial charge >= 0.3 is 0 Å². The molecule has 0 spiro atoms. The summed E-state index contributed by atoms with van der Waals surface area (Å²) < 4.78 is 15.5. The van der Waals surface area contributed by atoms with E-state index in [9.17, 15) is 5.11 Å². The van der Waals surface area contributed by atoms with E-state index in [-0.39, 0.29) is 21.9 Å². The Kier molecular flexibility index (Phi) is 10.4. The number of fused-ring (bicyclic) bond motifs is 1. The zero-order chi connectivity index (χ0) is 35.7. The van der Waals surface area contributed by atoms with Crippen LogP contribution in [0, 0.1) is 17.3 Å². The van der Waals surface area contributed by atoms with Crippen LogP contribution in [-0.2, 0) is 8.85 Å². The molecule has 0 saturated heterocycles. The van der Waals surface area contributed by atoms with Gasteiger partial charge in [-0.15, -0.1) is 6.58 Å². The van der Waals surface area contributed by atoms with Gasteiger partial charge in [-0.3, -0.25) is 0 Å². The van der Waals surface area contributed by atoms with Crippen molar-refractivity contribution in [2.24, 2.45) is 17.3 Å². The van der Waals surface area contributed by atoms with E-state index in [4.69, 9.17) is 8.85 Å². The Hall–Kier alpha value is -3.07. The van der Waals surface area contributed by atoms with E-state index < -0.39 is 27.7 Å². The molecule has 264 valence electrons. The van der Waals surface area contributed by atoms with Gasteiger partial charge in [0, 0.05) is 18.6 Å². The predicted octanol–water partition coefficient (Wildman–Crippen LogP) is 8.25. The van der Waals surface area contributed by atoms with Gasteiger partial charge < -0.3 is 14.0 Å². The van der Waals surface area contributed by atoms with Gasteiger partial charge in [-0.05, 0) is 68.3 Å². The maximum Gasteiger partial charge on any atom is 0.261 e. The SMILES string of the molecule is C=CC1CCC2(O)CCC[C@H](CO[Si](c3ccccc3)(c3ccccc3)C(C)(C)C)[C@@]12CO[Si](c1ccccc1)(c1ccccc1)C(C)(C)C. The van der Waals surface area contributed by atoms with E-state index in [1.807, 2.05) is 0 Å². The lowest BCUT2D eigenvalue weighted by molar-refractivity contribution is -0.161. The third kappa shape index (κ3) is 6.03. The smallest absolute Gasteiger partial charge is 0.261 e. The maximum atomic E-state index is 12.9. The first kappa shape index (κ1) is 36.7. The highest BCUT2D eigenvalue weighted by atomic mass is 28.4. The van der Waals surface area contributed by atoms with Gasteiger partial charge in [0.1, 0.15) is 0 Å². The Morgan fingerprint density at radius 3 is 1.42 bits per heavy atom. The number of rotatable bonds is 11. The second-order valence-electron chi connectivity index (χ2n) is 17.0. The normalized spacial score (nSPS) is 24.5. The second kappa shape index (κ2) is 14.2. The highest BCUT2D eigenvalue weighted by Crippen LogP contribution is 2.62. The molecule has 2 unspecified atom stereocenters. The molecule has 0 radical (unpaired) electrons. The Morgan fingerprint density at radius 1 is 0.640 bits per heavy atom. The molecule has 4 aromatic rings. The molecule has 2 fully saturated rings. The minimum Gasteiger partial charge on any atom is -0.407 e. The number of aliphatic hydroxyl groups is 1. The van der Waals surface area contributed by atoms with Crippen LogP contribution in [0.15, 0.2) is 134 Å². The van der Waals surface area contributed by atoms with Crippen LogP contribution in [0.5, 0.6) is 0 Å². The minimum atomic E-state index is -2.88. The molecule has 0 amide bonds. The van der Waals surface area contributed by atoms with Crippen LogP contribution in [0.4, 0.5) is 0 Å². The minimum absolute atomic E-state index is 0.103. The summed E-state index contributed by atoms with van der Waals surface area (Å²) in [7, 11) is -5.68. The Bertz CT molecular complexity index is 1620. The highest BCUT2D eigenvalue weighted by Gasteiger charge is 2.65. The van der Waals surface area contributed by atoms with Gasteiger partial charge in [-0.25, -0.2) is 0 Å². The molecule has 4 aromatic carbocycles. The molecule has 1 N–H and O–H groups in total. The van der Waals surface area contributed by atoms with Gasteiger partial charge in [0.05, 0.1) is 5.60 Å². The monoisotopic (exact) mass is 702 g/mol. The van der Waals surface area contributed by atoms with Crippen LogP contribution >= 0.6 is 0 Å². The molecule has 2 aliphatic carbocycles. The van der Waals surface area contributed by atoms with Crippen LogP contribution in [0.3, 0.4) is 0 Å². The fourth-order valence-corrected chi connectivity index (χ4v) is 19.3. The molecular formula is C45H58O3Si2. The summed E-state index contributed by atoms with van der Waals surface area (Å²) >= 11 is 0. The van der Waals surface area contributed by atoms with Crippen molar-refractivity contribution in [2.45, 2.75) is 89.3 Å². The van der Waals surface area contributed by atoms with E-state index in [1.54, 1.807) is 0 Å². The second-order valence-corrected chi connectivity index (χ2v) is 25.6. The quantitative estimate of drug-likeness (QED) is 0.126. The fourth-order valence-electron chi connectivity index (χ4n) is 10.1. The van der Waals surface area contributed by atoms with Crippen molar-refractivity contribution in [2.75, 3.05) is 13.2 Å². The van der Waals surface area contributed by atoms with Crippen molar-refractivity contribution in [1.82, 2.24) is 0 Å². The van der Waals surface area contributed by atoms with E-state index in [0.717, 1.165) is 32.1 Å². The van der Waals surface area contributed by atoms with E-state index in [1.165, 1.54) is 20.7 Å². The van der Waals surface area contributed by atoms with Crippen molar-refractivity contribution in [1.29, 1.82) is 0 Å². The van der Waals surface area contributed by atoms with Crippen LogP contribution in [-0.4, -0.2) is 40.6 Å². The molecule has 4 atom stereocenters. The lowest BCUT2D eigenvalue weighted by Crippen LogP contribution is -2.70. The number of hydrogen-bond donors (Lipinski definition) is 1. The first-order chi connectivity index (χ1) is 23.9. The van der Waals surface area contributed by atoms with Crippen molar-refractivity contribution in [3.63, 3.8) is 0 Å². The van der Waals surface area contributed by atoms with Crippen LogP contribution in [0.25, 0.3) is 0 Å². The summed E-state index contributed by atoms with van der Waals surface area (Å²) in [5.74, 6) is 0.227. The van der Waals surface area contributed by atoms with Crippen molar-refractivity contribution in [3.05, 3.63) is 134 Å². The van der Waals surface area contributed by atoms with Gasteiger partial charge in [0.15, 0.2) is 0 Å². The topological polar surface area (TPSA) is 38.7 Å². The molecule has 5 heteroatoms. The molecule has 3 nitrogen and oxygen atoms in total. The van der Waals surface area contributed by atoms with Gasteiger partial charge in [-0.1, -0.05) is 175 Å². The summed E-state index contributed by atoms with van der Waals surface area (Å²) in [6, 6.07) is 43.7. The lowest BCUT2D eigenvalue weighted by Gasteiger charge is -2.56. The van der Waals surface area contributed by atoms with Crippen LogP contribution < -0.4 is 20.7 Å². The first-order valence-electron chi connectivity index (χ1n) is 18.7. The number of allylic oxidation sites excluding steroid dienone is 1. The average Bonchev–Trinajstić information content (AvgIpc) is 3.42. The molecule has 2 saturated carbocycles. The van der Waals surface area contributed by atoms with Crippen molar-refractivity contribution >= 4 is 37.4 Å². The Labute approximate surface area is 304 Å². The molecule has 0 aliphatic heterocycles. The Balaban J connectivity index is 1.48. The third-order valence-electron chi connectivity index (χ3n) is 12.4. The first-order valence-corrected chi connectivity index (χ1v) is 22.5. The number of benzene rings is 4. The van der Waals surface area contributed by atoms with Crippen LogP contribution in [0.2, 0.25) is 10.1 Å². The Morgan fingerprint density at radius 2 is 1.04 bits per heavy atom. The highest BCUT2D eigenvalue weighted by molar-refractivity contribution is 7.00. The third-order valence-corrected chi connectivity index (χ3v) is 22.4. The van der Waals surface area contributed by atoms with Crippen molar-refractivity contribution < 1.29 is 14.0 Å².